The van der Waals surface area contributed by atoms with Gasteiger partial charge in [0.15, 0.2) is 18.1 Å². The van der Waals surface area contributed by atoms with Crippen molar-refractivity contribution in [3.63, 3.8) is 0 Å². The maximum absolute atomic E-state index is 13.3. The number of carbonyl (C=O) groups excluding carboxylic acids is 2. The van der Waals surface area contributed by atoms with Crippen LogP contribution in [-0.4, -0.2) is 50.7 Å². The Labute approximate surface area is 199 Å². The Bertz CT molecular complexity index is 1190. The van der Waals surface area contributed by atoms with Crippen molar-refractivity contribution >= 4 is 23.6 Å². The number of hydrogen-bond donors (Lipinski definition) is 0. The average molecular weight is 458 g/mol. The van der Waals surface area contributed by atoms with E-state index in [4.69, 9.17) is 9.47 Å². The molecular weight excluding hydrogens is 430 g/mol. The fourth-order valence-corrected chi connectivity index (χ4v) is 3.88. The smallest absolute Gasteiger partial charge is 0.281 e. The summed E-state index contributed by atoms with van der Waals surface area (Å²) in [6.07, 6.45) is 1.34. The van der Waals surface area contributed by atoms with Crippen LogP contribution in [0.2, 0.25) is 0 Å². The Balaban J connectivity index is 1.58. The molecule has 0 spiro atoms. The predicted octanol–water partition coefficient (Wildman–Crippen LogP) is 4.33. The third-order valence-corrected chi connectivity index (χ3v) is 5.74. The zero-order valence-electron chi connectivity index (χ0n) is 19.5. The second-order valence-electron chi connectivity index (χ2n) is 8.17. The van der Waals surface area contributed by atoms with E-state index in [0.717, 1.165) is 28.8 Å². The topological polar surface area (TPSA) is 71.4 Å². The maximum atomic E-state index is 13.3. The molecule has 0 aliphatic carbocycles. The van der Waals surface area contributed by atoms with Crippen molar-refractivity contribution < 1.29 is 19.1 Å². The van der Waals surface area contributed by atoms with E-state index >= 15 is 0 Å². The lowest BCUT2D eigenvalue weighted by Gasteiger charge is -2.23. The first kappa shape index (κ1) is 23.0. The molecule has 1 aliphatic rings. The van der Waals surface area contributed by atoms with Crippen LogP contribution in [0.1, 0.15) is 33.9 Å². The van der Waals surface area contributed by atoms with Crippen LogP contribution in [0.25, 0.3) is 0 Å². The highest BCUT2D eigenvalue weighted by molar-refractivity contribution is 6.03. The summed E-state index contributed by atoms with van der Waals surface area (Å²) in [6, 6.07) is 22.6. The second-order valence-corrected chi connectivity index (χ2v) is 8.17. The Hall–Kier alpha value is -4.13. The number of benzene rings is 3. The summed E-state index contributed by atoms with van der Waals surface area (Å²) in [5, 5.41) is 6.20. The summed E-state index contributed by atoms with van der Waals surface area (Å²) >= 11 is 0. The SMILES string of the molecule is COc1cc(C=O)ccc1OCC(=O)N1N=C(c2ccccc2)CC1c1ccc(N(C)C)cc1. The summed E-state index contributed by atoms with van der Waals surface area (Å²) in [5.41, 5.74) is 4.39. The number of methoxy groups -OCH3 is 1. The van der Waals surface area contributed by atoms with E-state index in [2.05, 4.69) is 5.10 Å². The molecule has 3 aromatic rings. The first-order valence-corrected chi connectivity index (χ1v) is 11.0. The van der Waals surface area contributed by atoms with Crippen LogP contribution in [0, 0.1) is 0 Å². The van der Waals surface area contributed by atoms with Crippen molar-refractivity contribution in [1.82, 2.24) is 5.01 Å². The van der Waals surface area contributed by atoms with E-state index in [0.29, 0.717) is 23.5 Å². The van der Waals surface area contributed by atoms with Gasteiger partial charge < -0.3 is 14.4 Å². The number of rotatable bonds is 8. The molecule has 7 nitrogen and oxygen atoms in total. The van der Waals surface area contributed by atoms with Crippen molar-refractivity contribution in [1.29, 1.82) is 0 Å². The number of aldehydes is 1. The van der Waals surface area contributed by atoms with E-state index in [1.807, 2.05) is 73.6 Å². The van der Waals surface area contributed by atoms with Gasteiger partial charge in [-0.25, -0.2) is 5.01 Å². The zero-order chi connectivity index (χ0) is 24.1. The lowest BCUT2D eigenvalue weighted by Crippen LogP contribution is -2.31. The first-order chi connectivity index (χ1) is 16.5. The minimum absolute atomic E-state index is 0.214. The molecule has 1 amide bonds. The highest BCUT2D eigenvalue weighted by Crippen LogP contribution is 2.34. The fraction of sp³-hybridized carbons (Fsp3) is 0.222. The van der Waals surface area contributed by atoms with Gasteiger partial charge in [0.2, 0.25) is 0 Å². The Morgan fingerprint density at radius 1 is 1.06 bits per heavy atom. The van der Waals surface area contributed by atoms with E-state index in [1.165, 1.54) is 12.1 Å². The molecule has 0 N–H and O–H groups in total. The molecule has 7 heteroatoms. The number of hydrazone groups is 1. The summed E-state index contributed by atoms with van der Waals surface area (Å²) in [4.78, 5) is 26.3. The van der Waals surface area contributed by atoms with Gasteiger partial charge >= 0.3 is 0 Å². The fourth-order valence-electron chi connectivity index (χ4n) is 3.88. The molecular formula is C27H27N3O4. The number of carbonyl (C=O) groups is 2. The Morgan fingerprint density at radius 2 is 1.79 bits per heavy atom. The molecule has 1 unspecified atom stereocenters. The highest BCUT2D eigenvalue weighted by atomic mass is 16.5. The lowest BCUT2D eigenvalue weighted by molar-refractivity contribution is -0.135. The molecule has 0 bridgehead atoms. The molecule has 0 saturated heterocycles. The van der Waals surface area contributed by atoms with Gasteiger partial charge in [0.1, 0.15) is 6.29 Å². The number of hydrogen-bond acceptors (Lipinski definition) is 6. The molecule has 0 fully saturated rings. The minimum Gasteiger partial charge on any atom is -0.493 e. The zero-order valence-corrected chi connectivity index (χ0v) is 19.5. The molecule has 34 heavy (non-hydrogen) atoms. The number of amides is 1. The number of nitrogens with zero attached hydrogens (tertiary/aromatic N) is 3. The predicted molar refractivity (Wildman–Crippen MR) is 132 cm³/mol. The van der Waals surface area contributed by atoms with Crippen molar-refractivity contribution in [3.8, 4) is 11.5 Å². The Morgan fingerprint density at radius 3 is 2.44 bits per heavy atom. The van der Waals surface area contributed by atoms with Gasteiger partial charge in [-0.1, -0.05) is 42.5 Å². The second kappa shape index (κ2) is 10.2. The van der Waals surface area contributed by atoms with Crippen LogP contribution in [0.4, 0.5) is 5.69 Å². The summed E-state index contributed by atoms with van der Waals surface area (Å²) in [6.45, 7) is -0.214. The highest BCUT2D eigenvalue weighted by Gasteiger charge is 2.33. The monoisotopic (exact) mass is 457 g/mol. The molecule has 0 aromatic heterocycles. The number of ether oxygens (including phenoxy) is 2. The van der Waals surface area contributed by atoms with Gasteiger partial charge in [-0.05, 0) is 41.5 Å². The average Bonchev–Trinajstić information content (AvgIpc) is 3.33. The van der Waals surface area contributed by atoms with E-state index in [1.54, 1.807) is 18.2 Å². The molecule has 1 atom stereocenters. The molecule has 0 radical (unpaired) electrons. The first-order valence-electron chi connectivity index (χ1n) is 11.0. The summed E-state index contributed by atoms with van der Waals surface area (Å²) in [7, 11) is 5.47. The van der Waals surface area contributed by atoms with E-state index < -0.39 is 0 Å². The third kappa shape index (κ3) is 4.93. The van der Waals surface area contributed by atoms with Crippen LogP contribution >= 0.6 is 0 Å². The van der Waals surface area contributed by atoms with Crippen LogP contribution in [0.3, 0.4) is 0 Å². The Kier molecular flexibility index (Phi) is 6.92. The van der Waals surface area contributed by atoms with Crippen LogP contribution in [-0.2, 0) is 4.79 Å². The van der Waals surface area contributed by atoms with Crippen LogP contribution in [0.5, 0.6) is 11.5 Å². The number of anilines is 1. The summed E-state index contributed by atoms with van der Waals surface area (Å²) in [5.74, 6) is 0.511. The molecule has 0 saturated carbocycles. The van der Waals surface area contributed by atoms with Gasteiger partial charge in [-0.2, -0.15) is 5.10 Å². The molecule has 1 heterocycles. The van der Waals surface area contributed by atoms with Gasteiger partial charge in [-0.15, -0.1) is 0 Å². The summed E-state index contributed by atoms with van der Waals surface area (Å²) < 4.78 is 11.1. The van der Waals surface area contributed by atoms with Crippen LogP contribution < -0.4 is 14.4 Å². The van der Waals surface area contributed by atoms with E-state index in [-0.39, 0.29) is 18.6 Å². The third-order valence-electron chi connectivity index (χ3n) is 5.74. The molecule has 1 aliphatic heterocycles. The molecule has 174 valence electrons. The quantitative estimate of drug-likeness (QED) is 0.471. The van der Waals surface area contributed by atoms with Gasteiger partial charge in [0, 0.05) is 31.8 Å². The standard InChI is InChI=1S/C27H27N3O4/c1-29(2)22-12-10-21(11-13-22)24-16-23(20-7-5-4-6-8-20)28-30(24)27(32)18-34-25-14-9-19(17-31)15-26(25)33-3/h4-15,17,24H,16,18H2,1-3H3. The largest absolute Gasteiger partial charge is 0.493 e. The van der Waals surface area contributed by atoms with E-state index in [9.17, 15) is 9.59 Å². The van der Waals surface area contributed by atoms with Gasteiger partial charge in [0.05, 0.1) is 18.9 Å². The van der Waals surface area contributed by atoms with Crippen LogP contribution in [0.15, 0.2) is 77.9 Å². The van der Waals surface area contributed by atoms with Crippen molar-refractivity contribution in [3.05, 3.63) is 89.5 Å². The van der Waals surface area contributed by atoms with Gasteiger partial charge in [-0.3, -0.25) is 9.59 Å². The van der Waals surface area contributed by atoms with Crippen molar-refractivity contribution in [2.45, 2.75) is 12.5 Å². The molecule has 3 aromatic carbocycles. The molecule has 4 rings (SSSR count). The lowest BCUT2D eigenvalue weighted by atomic mass is 9.98. The normalized spacial score (nSPS) is 15.0. The van der Waals surface area contributed by atoms with Gasteiger partial charge in [0.25, 0.3) is 5.91 Å². The minimum atomic E-state index is -0.269. The van der Waals surface area contributed by atoms with Crippen molar-refractivity contribution in [2.24, 2.45) is 5.10 Å². The maximum Gasteiger partial charge on any atom is 0.281 e. The van der Waals surface area contributed by atoms with Crippen molar-refractivity contribution in [2.75, 3.05) is 32.7 Å².